The third-order valence-electron chi connectivity index (χ3n) is 7.16. The van der Waals surface area contributed by atoms with Crippen LogP contribution in [0.5, 0.6) is 5.75 Å². The third kappa shape index (κ3) is 3.24. The summed E-state index contributed by atoms with van der Waals surface area (Å²) in [4.78, 5) is 2.64. The topological polar surface area (TPSA) is 30.3 Å². The summed E-state index contributed by atoms with van der Waals surface area (Å²) in [6.45, 7) is 4.47. The Morgan fingerprint density at radius 2 is 1.90 bits per heavy atom. The normalized spacial score (nSPS) is 22.8. The first-order chi connectivity index (χ1) is 14.8. The third-order valence-corrected chi connectivity index (χ3v) is 7.16. The molecule has 154 valence electrons. The first-order valence-corrected chi connectivity index (χ1v) is 11.3. The fourth-order valence-electron chi connectivity index (χ4n) is 5.51. The fraction of sp³-hybridized carbons (Fsp3) is 0.423. The first kappa shape index (κ1) is 18.2. The molecule has 1 aromatic heterocycles. The average Bonchev–Trinajstić information content (AvgIpc) is 3.27. The van der Waals surface area contributed by atoms with Gasteiger partial charge in [0.1, 0.15) is 5.75 Å². The second kappa shape index (κ2) is 7.28. The van der Waals surface area contributed by atoms with Crippen molar-refractivity contribution in [2.24, 2.45) is 11.8 Å². The van der Waals surface area contributed by atoms with E-state index in [0.29, 0.717) is 5.92 Å². The van der Waals surface area contributed by atoms with E-state index in [9.17, 15) is 0 Å². The van der Waals surface area contributed by atoms with Gasteiger partial charge in [-0.3, -0.25) is 9.58 Å². The van der Waals surface area contributed by atoms with E-state index in [4.69, 9.17) is 9.84 Å². The maximum atomic E-state index is 5.50. The molecular formula is C26H29N3O. The van der Waals surface area contributed by atoms with Crippen LogP contribution in [0.4, 0.5) is 0 Å². The number of likely N-dealkylation sites (tertiary alicyclic amines) is 1. The maximum Gasteiger partial charge on any atom is 0.119 e. The molecule has 30 heavy (non-hydrogen) atoms. The minimum absolute atomic E-state index is 0.595. The van der Waals surface area contributed by atoms with Crippen molar-refractivity contribution in [1.82, 2.24) is 14.7 Å². The number of fused-ring (bicyclic) bond motifs is 3. The second-order valence-electron chi connectivity index (χ2n) is 9.32. The Hall–Kier alpha value is -2.59. The Morgan fingerprint density at radius 3 is 2.70 bits per heavy atom. The van der Waals surface area contributed by atoms with Gasteiger partial charge in [0.05, 0.1) is 12.8 Å². The molecule has 2 aliphatic carbocycles. The van der Waals surface area contributed by atoms with Gasteiger partial charge in [0.25, 0.3) is 0 Å². The van der Waals surface area contributed by atoms with Crippen LogP contribution in [-0.4, -0.2) is 34.9 Å². The molecular weight excluding hydrogens is 370 g/mol. The SMILES string of the molecule is COc1cccc(-c2nn(CC3CC3)c3c2[C@H]2CN(Cc4ccccc4)C[C@H]2C3)c1. The fourth-order valence-corrected chi connectivity index (χ4v) is 5.51. The van der Waals surface area contributed by atoms with Gasteiger partial charge >= 0.3 is 0 Å². The summed E-state index contributed by atoms with van der Waals surface area (Å²) in [5.41, 5.74) is 6.83. The maximum absolute atomic E-state index is 5.50. The zero-order valence-corrected chi connectivity index (χ0v) is 17.6. The first-order valence-electron chi connectivity index (χ1n) is 11.3. The molecule has 2 atom stereocenters. The molecule has 0 N–H and O–H groups in total. The number of nitrogens with zero attached hydrogens (tertiary/aromatic N) is 3. The van der Waals surface area contributed by atoms with Gasteiger partial charge in [-0.1, -0.05) is 42.5 Å². The van der Waals surface area contributed by atoms with Gasteiger partial charge in [-0.25, -0.2) is 0 Å². The molecule has 6 rings (SSSR count). The number of hydrogen-bond acceptors (Lipinski definition) is 3. The summed E-state index contributed by atoms with van der Waals surface area (Å²) in [6.07, 6.45) is 3.90. The van der Waals surface area contributed by atoms with Crippen molar-refractivity contribution >= 4 is 0 Å². The molecule has 0 spiro atoms. The number of aromatic nitrogens is 2. The summed E-state index contributed by atoms with van der Waals surface area (Å²) in [7, 11) is 1.74. The van der Waals surface area contributed by atoms with E-state index in [1.54, 1.807) is 7.11 Å². The zero-order chi connectivity index (χ0) is 20.1. The van der Waals surface area contributed by atoms with Gasteiger partial charge < -0.3 is 4.74 Å². The Labute approximate surface area is 178 Å². The van der Waals surface area contributed by atoms with E-state index in [1.165, 1.54) is 53.9 Å². The van der Waals surface area contributed by atoms with E-state index in [-0.39, 0.29) is 0 Å². The standard InChI is InChI=1S/C26H29N3O/c1-30-22-9-5-8-20(12-22)26-25-23-17-28(14-18-6-3-2-4-7-18)16-21(23)13-24(25)29(27-26)15-19-10-11-19/h2-9,12,19,21,23H,10-11,13-17H2,1H3/t21-,23+/m1/s1. The lowest BCUT2D eigenvalue weighted by Crippen LogP contribution is -2.21. The van der Waals surface area contributed by atoms with Crippen molar-refractivity contribution in [3.63, 3.8) is 0 Å². The van der Waals surface area contributed by atoms with Gasteiger partial charge in [0.2, 0.25) is 0 Å². The zero-order valence-electron chi connectivity index (χ0n) is 17.6. The molecule has 2 aromatic carbocycles. The summed E-state index contributed by atoms with van der Waals surface area (Å²) >= 11 is 0. The molecule has 2 fully saturated rings. The van der Waals surface area contributed by atoms with Crippen molar-refractivity contribution in [3.8, 4) is 17.0 Å². The highest BCUT2D eigenvalue weighted by Crippen LogP contribution is 2.48. The smallest absolute Gasteiger partial charge is 0.119 e. The quantitative estimate of drug-likeness (QED) is 0.600. The monoisotopic (exact) mass is 399 g/mol. The lowest BCUT2D eigenvalue weighted by molar-refractivity contribution is 0.313. The molecule has 3 aliphatic rings. The van der Waals surface area contributed by atoms with Crippen LogP contribution >= 0.6 is 0 Å². The largest absolute Gasteiger partial charge is 0.497 e. The average molecular weight is 400 g/mol. The lowest BCUT2D eigenvalue weighted by atomic mass is 9.94. The number of rotatable bonds is 6. The van der Waals surface area contributed by atoms with Gasteiger partial charge in [-0.15, -0.1) is 0 Å². The molecule has 0 unspecified atom stereocenters. The summed E-state index contributed by atoms with van der Waals surface area (Å²) in [6, 6.07) is 19.3. The van der Waals surface area contributed by atoms with Crippen LogP contribution in [-0.2, 0) is 19.5 Å². The number of benzene rings is 2. The molecule has 4 nitrogen and oxygen atoms in total. The molecule has 0 bridgehead atoms. The van der Waals surface area contributed by atoms with Crippen molar-refractivity contribution in [1.29, 1.82) is 0 Å². The van der Waals surface area contributed by atoms with Gasteiger partial charge in [-0.2, -0.15) is 5.10 Å². The van der Waals surface area contributed by atoms with Crippen molar-refractivity contribution in [3.05, 3.63) is 71.4 Å². The van der Waals surface area contributed by atoms with Crippen LogP contribution in [0, 0.1) is 11.8 Å². The van der Waals surface area contributed by atoms with Crippen LogP contribution in [0.2, 0.25) is 0 Å². The summed E-state index contributed by atoms with van der Waals surface area (Å²) in [5.74, 6) is 3.06. The van der Waals surface area contributed by atoms with E-state index < -0.39 is 0 Å². The Morgan fingerprint density at radius 1 is 1.03 bits per heavy atom. The Bertz CT molecular complexity index is 1050. The highest BCUT2D eigenvalue weighted by Gasteiger charge is 2.44. The van der Waals surface area contributed by atoms with Crippen LogP contribution in [0.1, 0.15) is 35.6 Å². The molecule has 0 amide bonds. The van der Waals surface area contributed by atoms with Gasteiger partial charge in [-0.05, 0) is 48.8 Å². The molecule has 1 aliphatic heterocycles. The van der Waals surface area contributed by atoms with Crippen molar-refractivity contribution < 1.29 is 4.74 Å². The second-order valence-corrected chi connectivity index (χ2v) is 9.32. The molecule has 4 heteroatoms. The van der Waals surface area contributed by atoms with E-state index >= 15 is 0 Å². The van der Waals surface area contributed by atoms with Crippen molar-refractivity contribution in [2.75, 3.05) is 20.2 Å². The van der Waals surface area contributed by atoms with Crippen LogP contribution in [0.15, 0.2) is 54.6 Å². The lowest BCUT2D eigenvalue weighted by Gasteiger charge is -2.17. The van der Waals surface area contributed by atoms with Crippen LogP contribution < -0.4 is 4.74 Å². The van der Waals surface area contributed by atoms with Crippen LogP contribution in [0.25, 0.3) is 11.3 Å². The molecule has 0 radical (unpaired) electrons. The minimum atomic E-state index is 0.595. The molecule has 1 saturated heterocycles. The van der Waals surface area contributed by atoms with E-state index in [0.717, 1.165) is 37.2 Å². The van der Waals surface area contributed by atoms with Gasteiger partial charge in [0.15, 0.2) is 0 Å². The summed E-state index contributed by atoms with van der Waals surface area (Å²) < 4.78 is 7.87. The predicted octanol–water partition coefficient (Wildman–Crippen LogP) is 4.74. The highest BCUT2D eigenvalue weighted by molar-refractivity contribution is 5.68. The molecule has 2 heterocycles. The van der Waals surface area contributed by atoms with E-state index in [2.05, 4.69) is 58.1 Å². The van der Waals surface area contributed by atoms with E-state index in [1.807, 2.05) is 6.07 Å². The van der Waals surface area contributed by atoms with Crippen LogP contribution in [0.3, 0.4) is 0 Å². The predicted molar refractivity (Wildman–Crippen MR) is 119 cm³/mol. The molecule has 3 aromatic rings. The van der Waals surface area contributed by atoms with Crippen molar-refractivity contribution in [2.45, 2.75) is 38.3 Å². The Kier molecular flexibility index (Phi) is 4.41. The summed E-state index contributed by atoms with van der Waals surface area (Å²) in [5, 5.41) is 5.17. The molecule has 1 saturated carbocycles. The minimum Gasteiger partial charge on any atom is -0.497 e. The Balaban J connectivity index is 1.33. The number of ether oxygens (including phenoxy) is 1. The number of hydrogen-bond donors (Lipinski definition) is 0. The highest BCUT2D eigenvalue weighted by atomic mass is 16.5. The number of methoxy groups -OCH3 is 1. The van der Waals surface area contributed by atoms with Gasteiger partial charge in [0, 0.05) is 48.9 Å².